The Kier molecular flexibility index (Phi) is 6.30. The third-order valence-electron chi connectivity index (χ3n) is 4.48. The van der Waals surface area contributed by atoms with Crippen LogP contribution in [0.4, 0.5) is 0 Å². The van der Waals surface area contributed by atoms with E-state index in [4.69, 9.17) is 9.15 Å². The first-order chi connectivity index (χ1) is 12.7. The van der Waals surface area contributed by atoms with E-state index in [1.54, 1.807) is 17.3 Å². The Balaban J connectivity index is 1.82. The van der Waals surface area contributed by atoms with Crippen LogP contribution in [0.5, 0.6) is 0 Å². The van der Waals surface area contributed by atoms with Crippen LogP contribution in [0, 0.1) is 0 Å². The lowest BCUT2D eigenvalue weighted by Crippen LogP contribution is -2.47. The van der Waals surface area contributed by atoms with Crippen molar-refractivity contribution in [2.45, 2.75) is 32.9 Å². The lowest BCUT2D eigenvalue weighted by atomic mass is 10.1. The maximum atomic E-state index is 13.4. The molecule has 0 saturated carbocycles. The summed E-state index contributed by atoms with van der Waals surface area (Å²) in [4.78, 5) is 21.5. The van der Waals surface area contributed by atoms with Crippen LogP contribution in [0.15, 0.2) is 28.9 Å². The molecule has 0 unspecified atom stereocenters. The predicted octanol–water partition coefficient (Wildman–Crippen LogP) is 1.45. The average Bonchev–Trinajstić information content (AvgIpc) is 3.15. The fourth-order valence-electron chi connectivity index (χ4n) is 3.06. The monoisotopic (exact) mass is 359 g/mol. The molecule has 0 radical (unpaired) electrons. The normalized spacial score (nSPS) is 16.4. The number of hydrogen-bond donors (Lipinski definition) is 0. The summed E-state index contributed by atoms with van der Waals surface area (Å²) in [6.45, 7) is 7.45. The molecule has 1 aliphatic heterocycles. The van der Waals surface area contributed by atoms with E-state index >= 15 is 0 Å². The van der Waals surface area contributed by atoms with Crippen LogP contribution in [-0.2, 0) is 22.5 Å². The van der Waals surface area contributed by atoms with Crippen LogP contribution in [0.25, 0.3) is 0 Å². The molecular formula is C18H25N5O3. The van der Waals surface area contributed by atoms with Gasteiger partial charge in [0.2, 0.25) is 17.7 Å². The zero-order valence-corrected chi connectivity index (χ0v) is 15.3. The molecule has 8 nitrogen and oxygen atoms in total. The van der Waals surface area contributed by atoms with E-state index in [2.05, 4.69) is 20.1 Å². The molecule has 2 aromatic rings. The summed E-state index contributed by atoms with van der Waals surface area (Å²) in [6, 6.07) is 3.42. The van der Waals surface area contributed by atoms with Gasteiger partial charge in [-0.05, 0) is 18.6 Å². The van der Waals surface area contributed by atoms with Crippen molar-refractivity contribution in [3.63, 3.8) is 0 Å². The van der Waals surface area contributed by atoms with Gasteiger partial charge < -0.3 is 14.1 Å². The number of nitrogens with zero attached hydrogens (tertiary/aromatic N) is 5. The second-order valence-corrected chi connectivity index (χ2v) is 6.13. The van der Waals surface area contributed by atoms with Gasteiger partial charge in [0.05, 0.1) is 19.8 Å². The molecule has 1 atom stereocenters. The minimum atomic E-state index is -0.388. The van der Waals surface area contributed by atoms with Crippen molar-refractivity contribution in [2.75, 3.05) is 32.8 Å². The van der Waals surface area contributed by atoms with Crippen molar-refractivity contribution in [2.24, 2.45) is 0 Å². The van der Waals surface area contributed by atoms with Crippen LogP contribution in [0.1, 0.15) is 37.2 Å². The van der Waals surface area contributed by atoms with Gasteiger partial charge in [0.15, 0.2) is 0 Å². The quantitative estimate of drug-likeness (QED) is 0.740. The second kappa shape index (κ2) is 8.86. The molecule has 0 spiro atoms. The SMILES string of the molecule is CCc1nnc(CN(CC)C(=O)[C@H](c2cccnc2)N2CCOCC2)o1. The number of carbonyl (C=O) groups excluding carboxylic acids is 1. The zero-order valence-electron chi connectivity index (χ0n) is 15.3. The maximum absolute atomic E-state index is 13.4. The molecule has 1 amide bonds. The minimum absolute atomic E-state index is 0.0126. The predicted molar refractivity (Wildman–Crippen MR) is 94.1 cm³/mol. The summed E-state index contributed by atoms with van der Waals surface area (Å²) in [5.74, 6) is 1.06. The van der Waals surface area contributed by atoms with Gasteiger partial charge in [0, 0.05) is 38.4 Å². The molecule has 1 saturated heterocycles. The molecule has 26 heavy (non-hydrogen) atoms. The van der Waals surface area contributed by atoms with Crippen molar-refractivity contribution in [3.05, 3.63) is 41.9 Å². The van der Waals surface area contributed by atoms with Crippen LogP contribution >= 0.6 is 0 Å². The zero-order chi connectivity index (χ0) is 18.4. The lowest BCUT2D eigenvalue weighted by molar-refractivity contribution is -0.140. The molecule has 3 rings (SSSR count). The topological polar surface area (TPSA) is 84.6 Å². The molecule has 0 aliphatic carbocycles. The number of aryl methyl sites for hydroxylation is 1. The number of hydrogen-bond acceptors (Lipinski definition) is 7. The van der Waals surface area contributed by atoms with Gasteiger partial charge in [-0.3, -0.25) is 14.7 Å². The van der Waals surface area contributed by atoms with Gasteiger partial charge in [-0.2, -0.15) is 0 Å². The van der Waals surface area contributed by atoms with Crippen molar-refractivity contribution in [1.29, 1.82) is 0 Å². The number of pyridine rings is 1. The van der Waals surface area contributed by atoms with Gasteiger partial charge in [0.1, 0.15) is 6.04 Å². The van der Waals surface area contributed by atoms with E-state index in [9.17, 15) is 4.79 Å². The number of aromatic nitrogens is 3. The highest BCUT2D eigenvalue weighted by Gasteiger charge is 2.32. The van der Waals surface area contributed by atoms with Gasteiger partial charge in [-0.1, -0.05) is 13.0 Å². The molecular weight excluding hydrogens is 334 g/mol. The Bertz CT molecular complexity index is 700. The standard InChI is InChI=1S/C18H25N5O3/c1-3-15-20-21-16(26-15)13-22(4-2)18(24)17(14-6-5-7-19-12-14)23-8-10-25-11-9-23/h5-7,12,17H,3-4,8-11,13H2,1-2H3/t17-/m0/s1. The molecule has 8 heteroatoms. The average molecular weight is 359 g/mol. The van der Waals surface area contributed by atoms with E-state index in [0.717, 1.165) is 5.56 Å². The van der Waals surface area contributed by atoms with Crippen LogP contribution < -0.4 is 0 Å². The number of rotatable bonds is 7. The Morgan fingerprint density at radius 1 is 1.27 bits per heavy atom. The van der Waals surface area contributed by atoms with E-state index in [0.29, 0.717) is 57.6 Å². The Morgan fingerprint density at radius 2 is 2.04 bits per heavy atom. The fourth-order valence-corrected chi connectivity index (χ4v) is 3.06. The molecule has 3 heterocycles. The summed E-state index contributed by atoms with van der Waals surface area (Å²) in [6.07, 6.45) is 4.15. The Labute approximate surface area is 153 Å². The summed E-state index contributed by atoms with van der Waals surface area (Å²) in [5, 5.41) is 8.03. The number of carbonyl (C=O) groups is 1. The molecule has 1 aliphatic rings. The number of morpholine rings is 1. The van der Waals surface area contributed by atoms with Crippen molar-refractivity contribution >= 4 is 5.91 Å². The largest absolute Gasteiger partial charge is 0.423 e. The highest BCUT2D eigenvalue weighted by Crippen LogP contribution is 2.24. The first-order valence-electron chi connectivity index (χ1n) is 9.04. The molecule has 0 aromatic carbocycles. The van der Waals surface area contributed by atoms with E-state index in [-0.39, 0.29) is 11.9 Å². The first kappa shape index (κ1) is 18.5. The maximum Gasteiger partial charge on any atom is 0.245 e. The van der Waals surface area contributed by atoms with Crippen molar-refractivity contribution in [1.82, 2.24) is 25.0 Å². The number of likely N-dealkylation sites (N-methyl/N-ethyl adjacent to an activating group) is 1. The molecule has 0 bridgehead atoms. The van der Waals surface area contributed by atoms with Gasteiger partial charge in [0.25, 0.3) is 0 Å². The molecule has 1 fully saturated rings. The van der Waals surface area contributed by atoms with Crippen LogP contribution in [0.2, 0.25) is 0 Å². The van der Waals surface area contributed by atoms with Crippen LogP contribution in [0.3, 0.4) is 0 Å². The summed E-state index contributed by atoms with van der Waals surface area (Å²) >= 11 is 0. The third-order valence-corrected chi connectivity index (χ3v) is 4.48. The second-order valence-electron chi connectivity index (χ2n) is 6.13. The van der Waals surface area contributed by atoms with Crippen molar-refractivity contribution < 1.29 is 13.9 Å². The molecule has 0 N–H and O–H groups in total. The van der Waals surface area contributed by atoms with E-state index < -0.39 is 0 Å². The first-order valence-corrected chi connectivity index (χ1v) is 9.04. The Morgan fingerprint density at radius 3 is 2.65 bits per heavy atom. The fraction of sp³-hybridized carbons (Fsp3) is 0.556. The summed E-state index contributed by atoms with van der Waals surface area (Å²) in [7, 11) is 0. The van der Waals surface area contributed by atoms with Crippen LogP contribution in [-0.4, -0.2) is 63.7 Å². The van der Waals surface area contributed by atoms with E-state index in [1.807, 2.05) is 26.0 Å². The smallest absolute Gasteiger partial charge is 0.245 e. The molecule has 2 aromatic heterocycles. The summed E-state index contributed by atoms with van der Waals surface area (Å²) < 4.78 is 11.0. The number of ether oxygens (including phenoxy) is 1. The van der Waals surface area contributed by atoms with Gasteiger partial charge in [-0.15, -0.1) is 10.2 Å². The van der Waals surface area contributed by atoms with E-state index in [1.165, 1.54) is 0 Å². The van der Waals surface area contributed by atoms with Gasteiger partial charge >= 0.3 is 0 Å². The van der Waals surface area contributed by atoms with Gasteiger partial charge in [-0.25, -0.2) is 0 Å². The highest BCUT2D eigenvalue weighted by molar-refractivity contribution is 5.83. The minimum Gasteiger partial charge on any atom is -0.423 e. The Hall–Kier alpha value is -2.32. The third kappa shape index (κ3) is 4.25. The summed E-state index contributed by atoms with van der Waals surface area (Å²) in [5.41, 5.74) is 0.887. The number of amides is 1. The lowest BCUT2D eigenvalue weighted by Gasteiger charge is -2.36. The highest BCUT2D eigenvalue weighted by atomic mass is 16.5. The molecule has 140 valence electrons. The van der Waals surface area contributed by atoms with Crippen molar-refractivity contribution in [3.8, 4) is 0 Å².